The van der Waals surface area contributed by atoms with Crippen LogP contribution in [0.5, 0.6) is 0 Å². The highest BCUT2D eigenvalue weighted by Gasteiger charge is 2.28. The van der Waals surface area contributed by atoms with Crippen LogP contribution in [0.4, 0.5) is 0 Å². The molecule has 0 bridgehead atoms. The fraction of sp³-hybridized carbons (Fsp3) is 0.850. The first-order chi connectivity index (χ1) is 12.7. The van der Waals surface area contributed by atoms with Gasteiger partial charge in [0.05, 0.1) is 11.5 Å². The molecule has 27 heavy (non-hydrogen) atoms. The van der Waals surface area contributed by atoms with Crippen LogP contribution in [0.25, 0.3) is 0 Å². The first-order valence-corrected chi connectivity index (χ1v) is 12.4. The molecule has 0 fully saturated rings. The Morgan fingerprint density at radius 3 is 2.19 bits per heavy atom. The van der Waals surface area contributed by atoms with Crippen molar-refractivity contribution in [2.75, 3.05) is 24.6 Å². The molecule has 5 nitrogen and oxygen atoms in total. The lowest BCUT2D eigenvalue weighted by molar-refractivity contribution is -0.122. The SMILES string of the molecule is CC(C)CCCNC(=O)CCSSCCNC(=O)CCC(C)(C#N)C(C)C. The van der Waals surface area contributed by atoms with E-state index in [4.69, 9.17) is 0 Å². The van der Waals surface area contributed by atoms with Crippen molar-refractivity contribution in [1.82, 2.24) is 10.6 Å². The Bertz CT molecular complexity index is 478. The van der Waals surface area contributed by atoms with E-state index in [1.54, 1.807) is 21.6 Å². The second-order valence-corrected chi connectivity index (χ2v) is 10.5. The van der Waals surface area contributed by atoms with E-state index >= 15 is 0 Å². The van der Waals surface area contributed by atoms with Crippen LogP contribution in [0.1, 0.15) is 66.7 Å². The fourth-order valence-corrected chi connectivity index (χ4v) is 4.14. The van der Waals surface area contributed by atoms with E-state index in [-0.39, 0.29) is 17.7 Å². The molecule has 1 atom stereocenters. The highest BCUT2D eigenvalue weighted by molar-refractivity contribution is 8.76. The Balaban J connectivity index is 3.60. The molecule has 1 unspecified atom stereocenters. The minimum atomic E-state index is -0.447. The predicted octanol–water partition coefficient (Wildman–Crippen LogP) is 4.39. The van der Waals surface area contributed by atoms with Gasteiger partial charge in [0.2, 0.25) is 11.8 Å². The number of hydrogen-bond acceptors (Lipinski definition) is 5. The van der Waals surface area contributed by atoms with Crippen molar-refractivity contribution >= 4 is 33.4 Å². The van der Waals surface area contributed by atoms with Crippen LogP contribution in [-0.4, -0.2) is 36.4 Å². The van der Waals surface area contributed by atoms with Crippen LogP contribution >= 0.6 is 21.6 Å². The number of rotatable bonds is 15. The van der Waals surface area contributed by atoms with E-state index < -0.39 is 5.41 Å². The van der Waals surface area contributed by atoms with Gasteiger partial charge in [-0.15, -0.1) is 0 Å². The van der Waals surface area contributed by atoms with Gasteiger partial charge < -0.3 is 10.6 Å². The lowest BCUT2D eigenvalue weighted by atomic mass is 9.77. The van der Waals surface area contributed by atoms with Crippen molar-refractivity contribution in [2.24, 2.45) is 17.3 Å². The number of carbonyl (C=O) groups is 2. The summed E-state index contributed by atoms with van der Waals surface area (Å²) < 4.78 is 0. The molecule has 2 N–H and O–H groups in total. The fourth-order valence-electron chi connectivity index (χ4n) is 2.25. The van der Waals surface area contributed by atoms with Gasteiger partial charge in [-0.1, -0.05) is 49.3 Å². The van der Waals surface area contributed by atoms with Crippen LogP contribution in [0.2, 0.25) is 0 Å². The van der Waals surface area contributed by atoms with Crippen LogP contribution in [0, 0.1) is 28.6 Å². The van der Waals surface area contributed by atoms with Crippen LogP contribution in [0.3, 0.4) is 0 Å². The quantitative estimate of drug-likeness (QED) is 0.306. The minimum Gasteiger partial charge on any atom is -0.356 e. The van der Waals surface area contributed by atoms with E-state index in [0.29, 0.717) is 31.7 Å². The third kappa shape index (κ3) is 13.9. The second-order valence-electron chi connectivity index (χ2n) is 7.81. The molecule has 0 aliphatic rings. The standard InChI is InChI=1S/C20H37N3O2S2/c1-16(2)7-6-11-22-19(25)9-13-26-27-14-12-23-18(24)8-10-20(5,15-21)17(3)4/h16-17H,6-14H2,1-5H3,(H,22,25)(H,23,24). The van der Waals surface area contributed by atoms with Crippen LogP contribution < -0.4 is 10.6 Å². The maximum atomic E-state index is 11.9. The molecule has 0 spiro atoms. The van der Waals surface area contributed by atoms with E-state index in [2.05, 4.69) is 30.6 Å². The van der Waals surface area contributed by atoms with Gasteiger partial charge in [0.25, 0.3) is 0 Å². The lowest BCUT2D eigenvalue weighted by Crippen LogP contribution is -2.29. The average molecular weight is 416 g/mol. The van der Waals surface area contributed by atoms with Gasteiger partial charge in [0.1, 0.15) is 0 Å². The van der Waals surface area contributed by atoms with E-state index in [1.807, 2.05) is 20.8 Å². The molecule has 0 saturated carbocycles. The zero-order valence-electron chi connectivity index (χ0n) is 17.6. The molecule has 7 heteroatoms. The summed E-state index contributed by atoms with van der Waals surface area (Å²) in [6, 6.07) is 2.33. The summed E-state index contributed by atoms with van der Waals surface area (Å²) in [6.07, 6.45) is 3.69. The Hall–Kier alpha value is -0.870. The maximum absolute atomic E-state index is 11.9. The third-order valence-electron chi connectivity index (χ3n) is 4.68. The molecule has 0 aromatic heterocycles. The number of carbonyl (C=O) groups excluding carboxylic acids is 2. The number of nitrogens with one attached hydrogen (secondary N) is 2. The summed E-state index contributed by atoms with van der Waals surface area (Å²) in [5.41, 5.74) is -0.447. The number of amides is 2. The second kappa shape index (κ2) is 15.1. The Morgan fingerprint density at radius 2 is 1.59 bits per heavy atom. The summed E-state index contributed by atoms with van der Waals surface area (Å²) in [6.45, 7) is 11.7. The summed E-state index contributed by atoms with van der Waals surface area (Å²) in [4.78, 5) is 23.6. The summed E-state index contributed by atoms with van der Waals surface area (Å²) >= 11 is 0. The Morgan fingerprint density at radius 1 is 1.00 bits per heavy atom. The van der Waals surface area contributed by atoms with Crippen LogP contribution in [-0.2, 0) is 9.59 Å². The van der Waals surface area contributed by atoms with Gasteiger partial charge in [-0.25, -0.2) is 0 Å². The first kappa shape index (κ1) is 26.1. The molecule has 0 aliphatic carbocycles. The highest BCUT2D eigenvalue weighted by Crippen LogP contribution is 2.31. The van der Waals surface area contributed by atoms with Crippen molar-refractivity contribution in [2.45, 2.75) is 66.7 Å². The number of nitrogens with zero attached hydrogens (tertiary/aromatic N) is 1. The van der Waals surface area contributed by atoms with Crippen molar-refractivity contribution in [3.63, 3.8) is 0 Å². The molecule has 0 aliphatic heterocycles. The predicted molar refractivity (Wildman–Crippen MR) is 117 cm³/mol. The lowest BCUT2D eigenvalue weighted by Gasteiger charge is -2.25. The average Bonchev–Trinajstić information content (AvgIpc) is 2.62. The summed E-state index contributed by atoms with van der Waals surface area (Å²) in [7, 11) is 3.34. The van der Waals surface area contributed by atoms with Crippen molar-refractivity contribution in [1.29, 1.82) is 5.26 Å². The molecular formula is C20H37N3O2S2. The third-order valence-corrected chi connectivity index (χ3v) is 7.09. The smallest absolute Gasteiger partial charge is 0.220 e. The zero-order valence-corrected chi connectivity index (χ0v) is 19.2. The molecule has 2 amide bonds. The molecule has 0 aromatic rings. The first-order valence-electron chi connectivity index (χ1n) is 9.90. The molecule has 0 radical (unpaired) electrons. The number of hydrogen-bond donors (Lipinski definition) is 2. The molecule has 0 saturated heterocycles. The van der Waals surface area contributed by atoms with Crippen molar-refractivity contribution < 1.29 is 9.59 Å². The molecule has 0 heterocycles. The van der Waals surface area contributed by atoms with Gasteiger partial charge in [-0.3, -0.25) is 9.59 Å². The molecular weight excluding hydrogens is 378 g/mol. The van der Waals surface area contributed by atoms with Gasteiger partial charge in [-0.2, -0.15) is 5.26 Å². The zero-order chi connectivity index (χ0) is 20.7. The summed E-state index contributed by atoms with van der Waals surface area (Å²) in [5, 5.41) is 15.1. The van der Waals surface area contributed by atoms with Crippen molar-refractivity contribution in [3.05, 3.63) is 0 Å². The van der Waals surface area contributed by atoms with Crippen molar-refractivity contribution in [3.8, 4) is 6.07 Å². The van der Waals surface area contributed by atoms with E-state index in [0.717, 1.165) is 30.9 Å². The monoisotopic (exact) mass is 415 g/mol. The van der Waals surface area contributed by atoms with Crippen LogP contribution in [0.15, 0.2) is 0 Å². The van der Waals surface area contributed by atoms with Gasteiger partial charge in [0, 0.05) is 37.4 Å². The Kier molecular flexibility index (Phi) is 14.6. The normalized spacial score (nSPS) is 13.3. The largest absolute Gasteiger partial charge is 0.356 e. The maximum Gasteiger partial charge on any atom is 0.220 e. The van der Waals surface area contributed by atoms with Gasteiger partial charge in [0.15, 0.2) is 0 Å². The van der Waals surface area contributed by atoms with Gasteiger partial charge in [-0.05, 0) is 38.0 Å². The topological polar surface area (TPSA) is 82.0 Å². The molecule has 156 valence electrons. The minimum absolute atomic E-state index is 0.00324. The highest BCUT2D eigenvalue weighted by atomic mass is 33.1. The molecule has 0 aromatic carbocycles. The summed E-state index contributed by atoms with van der Waals surface area (Å²) in [5.74, 6) is 2.62. The Labute approximate surface area is 173 Å². The van der Waals surface area contributed by atoms with E-state index in [1.165, 1.54) is 0 Å². The van der Waals surface area contributed by atoms with E-state index in [9.17, 15) is 14.9 Å². The number of nitriles is 1. The van der Waals surface area contributed by atoms with Gasteiger partial charge >= 0.3 is 0 Å². The molecule has 0 rings (SSSR count).